The van der Waals surface area contributed by atoms with E-state index >= 15 is 0 Å². The molecule has 0 aliphatic carbocycles. The lowest BCUT2D eigenvalue weighted by atomic mass is 10.4. The van der Waals surface area contributed by atoms with Gasteiger partial charge in [-0.1, -0.05) is 0 Å². The molecule has 0 bridgehead atoms. The van der Waals surface area contributed by atoms with Crippen LogP contribution in [0.15, 0.2) is 12.4 Å². The Kier molecular flexibility index (Phi) is 19.0. The summed E-state index contributed by atoms with van der Waals surface area (Å²) in [6.07, 6.45) is 3.01. The van der Waals surface area contributed by atoms with E-state index in [9.17, 15) is 16.8 Å². The maximum absolute atomic E-state index is 10.4. The number of imidazole rings is 1. The van der Waals surface area contributed by atoms with E-state index in [-0.39, 0.29) is 0 Å². The average Bonchev–Trinajstić information content (AvgIpc) is 2.65. The molecule has 9 N–H and O–H groups in total. The van der Waals surface area contributed by atoms with Crippen LogP contribution in [0.25, 0.3) is 0 Å². The largest absolute Gasteiger partial charge is 0.507 e. The quantitative estimate of drug-likeness (QED) is 0.180. The van der Waals surface area contributed by atoms with E-state index in [2.05, 4.69) is 4.98 Å². The Hall–Kier alpha value is -0.510. The highest BCUT2D eigenvalue weighted by molar-refractivity contribution is 7.46. The molecule has 0 spiro atoms. The van der Waals surface area contributed by atoms with Crippen LogP contribution in [0.3, 0.4) is 0 Å². The van der Waals surface area contributed by atoms with Crippen LogP contribution in [0.2, 0.25) is 0 Å². The number of aliphatic hydroxyl groups excluding tert-OH is 1. The number of hydrogen-bond donors (Lipinski definition) is 9. The number of aryl methyl sites for hydroxylation is 1. The van der Waals surface area contributed by atoms with Gasteiger partial charge in [0.25, 0.3) is 0 Å². The van der Waals surface area contributed by atoms with Gasteiger partial charge in [-0.2, -0.15) is 0 Å². The highest BCUT2D eigenvalue weighted by Crippen LogP contribution is 2.36. The topological polar surface area (TPSA) is 268 Å². The predicted molar refractivity (Wildman–Crippen MR) is 86.5 cm³/mol. The predicted octanol–water partition coefficient (Wildman–Crippen LogP) is 0.668. The average molecular weight is 526 g/mol. The van der Waals surface area contributed by atoms with Crippen LogP contribution in [0.4, 0.5) is 16.8 Å². The fraction of sp³-hybridized carbons (Fsp3) is 0.500. The standard InChI is InChI=1S/C6H10N2O.4FH2O3P/c1-5(9)6-7-3-4-8(6)2;4*1-5(2,3)4/h3-5,9H,1-2H3;4*(H2,2,3,4). The van der Waals surface area contributed by atoms with E-state index in [1.807, 2.05) is 13.2 Å². The zero-order chi connectivity index (χ0) is 24.9. The summed E-state index contributed by atoms with van der Waals surface area (Å²) in [5.41, 5.74) is 0. The molecule has 1 rings (SSSR count). The van der Waals surface area contributed by atoms with Crippen molar-refractivity contribution in [1.82, 2.24) is 9.55 Å². The summed E-state index contributed by atoms with van der Waals surface area (Å²) in [5, 5.41) is 9.01. The number of rotatable bonds is 1. The molecule has 0 radical (unpaired) electrons. The molecule has 1 unspecified atom stereocenters. The molecule has 0 saturated heterocycles. The second kappa shape index (κ2) is 15.3. The lowest BCUT2D eigenvalue weighted by Crippen LogP contribution is -2.00. The molecule has 1 aromatic heterocycles. The van der Waals surface area contributed by atoms with Crippen molar-refractivity contribution in [3.8, 4) is 0 Å². The third-order valence-electron chi connectivity index (χ3n) is 1.23. The number of aliphatic hydroxyl groups is 1. The zero-order valence-corrected chi connectivity index (χ0v) is 17.7. The first kappa shape index (κ1) is 35.9. The van der Waals surface area contributed by atoms with Crippen molar-refractivity contribution in [3.63, 3.8) is 0 Å². The minimum atomic E-state index is -5.14. The fourth-order valence-electron chi connectivity index (χ4n) is 0.780. The van der Waals surface area contributed by atoms with Gasteiger partial charge in [-0.25, -0.2) is 23.2 Å². The van der Waals surface area contributed by atoms with Gasteiger partial charge in [0, 0.05) is 19.4 Å². The van der Waals surface area contributed by atoms with Crippen LogP contribution in [-0.2, 0) is 25.3 Å². The molecular weight excluding hydrogens is 508 g/mol. The molecule has 0 fully saturated rings. The van der Waals surface area contributed by atoms with Gasteiger partial charge in [0.2, 0.25) is 0 Å². The maximum atomic E-state index is 10.4. The highest BCUT2D eigenvalue weighted by Gasteiger charge is 2.06. The van der Waals surface area contributed by atoms with E-state index in [1.54, 1.807) is 17.7 Å². The van der Waals surface area contributed by atoms with Crippen LogP contribution < -0.4 is 0 Å². The molecule has 0 amide bonds. The summed E-state index contributed by atoms with van der Waals surface area (Å²) in [7, 11) is -18.7. The van der Waals surface area contributed by atoms with Gasteiger partial charge in [-0.3, -0.25) is 39.1 Å². The Morgan fingerprint density at radius 3 is 1.07 bits per heavy atom. The highest BCUT2D eigenvalue weighted by atomic mass is 31.2. The zero-order valence-electron chi connectivity index (χ0n) is 14.1. The summed E-state index contributed by atoms with van der Waals surface area (Å²) in [5.74, 6) is 0.704. The van der Waals surface area contributed by atoms with E-state index in [1.165, 1.54) is 0 Å². The summed E-state index contributed by atoms with van der Waals surface area (Å²) in [6, 6.07) is 0. The van der Waals surface area contributed by atoms with Crippen LogP contribution in [0, 0.1) is 0 Å². The van der Waals surface area contributed by atoms with Gasteiger partial charge in [0.1, 0.15) is 11.9 Å². The van der Waals surface area contributed by atoms with Crippen molar-refractivity contribution in [2.45, 2.75) is 13.0 Å². The summed E-state index contributed by atoms with van der Waals surface area (Å²) >= 11 is 0. The van der Waals surface area contributed by atoms with Crippen molar-refractivity contribution in [3.05, 3.63) is 18.2 Å². The number of hydrogen-bond acceptors (Lipinski definition) is 6. The van der Waals surface area contributed by atoms with Crippen LogP contribution in [-0.4, -0.2) is 53.8 Å². The molecule has 29 heavy (non-hydrogen) atoms. The van der Waals surface area contributed by atoms with Gasteiger partial charge in [-0.15, -0.1) is 16.8 Å². The first-order chi connectivity index (χ1) is 12.2. The number of nitrogens with zero attached hydrogens (tertiary/aromatic N) is 2. The van der Waals surface area contributed by atoms with Gasteiger partial charge in [-0.05, 0) is 6.92 Å². The van der Waals surface area contributed by atoms with Gasteiger partial charge < -0.3 is 9.67 Å². The smallest absolute Gasteiger partial charge is 0.385 e. The molecule has 1 aromatic rings. The van der Waals surface area contributed by atoms with Crippen LogP contribution >= 0.6 is 31.6 Å². The molecule has 0 aromatic carbocycles. The summed E-state index contributed by atoms with van der Waals surface area (Å²) in [4.78, 5) is 59.7. The van der Waals surface area contributed by atoms with Crippen molar-refractivity contribution < 1.29 is 79.3 Å². The second-order valence-corrected chi connectivity index (χ2v) is 7.75. The lowest BCUT2D eigenvalue weighted by molar-refractivity contribution is 0.185. The molecular formula is C6H18F4N2O13P4. The maximum Gasteiger partial charge on any atom is 0.507 e. The molecule has 0 aliphatic rings. The normalized spacial score (nSPS) is 12.4. The second-order valence-electron chi connectivity index (χ2n) is 3.96. The summed E-state index contributed by atoms with van der Waals surface area (Å²) < 4.78 is 77.9. The third-order valence-corrected chi connectivity index (χ3v) is 1.23. The molecule has 0 saturated carbocycles. The number of aromatic nitrogens is 2. The van der Waals surface area contributed by atoms with Crippen molar-refractivity contribution in [2.75, 3.05) is 0 Å². The monoisotopic (exact) mass is 526 g/mol. The Morgan fingerprint density at radius 1 is 0.793 bits per heavy atom. The van der Waals surface area contributed by atoms with Crippen molar-refractivity contribution in [1.29, 1.82) is 0 Å². The molecule has 0 aliphatic heterocycles. The first-order valence-electron chi connectivity index (χ1n) is 5.87. The van der Waals surface area contributed by atoms with Gasteiger partial charge in [0.05, 0.1) is 0 Å². The molecule has 178 valence electrons. The van der Waals surface area contributed by atoms with Crippen molar-refractivity contribution in [2.24, 2.45) is 7.05 Å². The van der Waals surface area contributed by atoms with E-state index in [0.29, 0.717) is 5.82 Å². The third kappa shape index (κ3) is 98.2. The number of halogens is 4. The molecule has 15 nitrogen and oxygen atoms in total. The first-order valence-corrected chi connectivity index (χ1v) is 11.9. The summed E-state index contributed by atoms with van der Waals surface area (Å²) in [6.45, 7) is 1.70. The van der Waals surface area contributed by atoms with E-state index < -0.39 is 37.7 Å². The Morgan fingerprint density at radius 2 is 1.00 bits per heavy atom. The Bertz CT molecular complexity index is 622. The molecule has 23 heteroatoms. The van der Waals surface area contributed by atoms with E-state index in [4.69, 9.17) is 62.5 Å². The van der Waals surface area contributed by atoms with Gasteiger partial charge >= 0.3 is 31.6 Å². The van der Waals surface area contributed by atoms with Crippen LogP contribution in [0.5, 0.6) is 0 Å². The van der Waals surface area contributed by atoms with Crippen LogP contribution in [0.1, 0.15) is 18.9 Å². The Balaban J connectivity index is -0.000000140. The van der Waals surface area contributed by atoms with E-state index in [0.717, 1.165) is 0 Å². The fourth-order valence-corrected chi connectivity index (χ4v) is 0.780. The van der Waals surface area contributed by atoms with Gasteiger partial charge in [0.15, 0.2) is 0 Å². The minimum absolute atomic E-state index is 0.468. The molecule has 1 atom stereocenters. The lowest BCUT2D eigenvalue weighted by Gasteiger charge is -2.01. The van der Waals surface area contributed by atoms with Crippen molar-refractivity contribution >= 4 is 31.6 Å². The molecule has 1 heterocycles. The Labute approximate surface area is 159 Å². The minimum Gasteiger partial charge on any atom is -0.385 e. The SMILES string of the molecule is CC(O)c1nccn1C.O=P(O)(O)F.O=P(O)(O)F.O=P(O)(O)F.O=P(O)(O)F.